The van der Waals surface area contributed by atoms with Crippen LogP contribution in [-0.4, -0.2) is 30.1 Å². The predicted octanol–water partition coefficient (Wildman–Crippen LogP) is 5.38. The third kappa shape index (κ3) is 4.75. The molecule has 0 saturated carbocycles. The van der Waals surface area contributed by atoms with E-state index in [1.807, 2.05) is 32.0 Å². The molecule has 202 valence electrons. The number of halogens is 3. The van der Waals surface area contributed by atoms with Crippen molar-refractivity contribution in [2.45, 2.75) is 33.5 Å². The summed E-state index contributed by atoms with van der Waals surface area (Å²) in [5.74, 6) is 1.06. The standard InChI is InChI=1S/C28H26F3N5O3/c1-15-7-6-8-16(2)26(15)39-23-13-34(4)24(37)10-18(23)21-12-35(5)27(38)25-19(21)9-22(33-25)20-11-32-36(17(20)3)14-28(29,30)31/h6-13,33H,14H2,1-5H3. The lowest BCUT2D eigenvalue weighted by molar-refractivity contribution is -0.142. The average molecular weight is 538 g/mol. The molecule has 0 aliphatic heterocycles. The second-order valence-corrected chi connectivity index (χ2v) is 9.67. The van der Waals surface area contributed by atoms with E-state index in [0.717, 1.165) is 15.8 Å². The number of aromatic nitrogens is 5. The molecule has 0 spiro atoms. The number of nitrogens with one attached hydrogen (secondary N) is 1. The molecule has 0 amide bonds. The number of H-pyrrole nitrogens is 1. The Balaban J connectivity index is 1.72. The number of benzene rings is 1. The van der Waals surface area contributed by atoms with E-state index in [1.165, 1.54) is 28.3 Å². The van der Waals surface area contributed by atoms with Crippen molar-refractivity contribution >= 4 is 10.9 Å². The van der Waals surface area contributed by atoms with Gasteiger partial charge in [-0.25, -0.2) is 0 Å². The summed E-state index contributed by atoms with van der Waals surface area (Å²) in [5, 5.41) is 4.39. The van der Waals surface area contributed by atoms with E-state index in [1.54, 1.807) is 32.6 Å². The van der Waals surface area contributed by atoms with E-state index in [-0.39, 0.29) is 16.6 Å². The van der Waals surface area contributed by atoms with Gasteiger partial charge < -0.3 is 18.9 Å². The molecule has 0 saturated heterocycles. The molecule has 5 rings (SSSR count). The Morgan fingerprint density at radius 1 is 0.949 bits per heavy atom. The highest BCUT2D eigenvalue weighted by atomic mass is 19.4. The van der Waals surface area contributed by atoms with Crippen LogP contribution in [0, 0.1) is 20.8 Å². The summed E-state index contributed by atoms with van der Waals surface area (Å²) in [6.45, 7) is 4.16. The highest BCUT2D eigenvalue weighted by molar-refractivity contribution is 5.98. The largest absolute Gasteiger partial charge is 0.455 e. The molecule has 0 radical (unpaired) electrons. The first-order valence-electron chi connectivity index (χ1n) is 12.1. The molecule has 0 unspecified atom stereocenters. The van der Waals surface area contributed by atoms with Crippen LogP contribution in [0.4, 0.5) is 13.2 Å². The summed E-state index contributed by atoms with van der Waals surface area (Å²) in [5.41, 5.74) is 3.64. The monoisotopic (exact) mass is 537 g/mol. The number of aromatic amines is 1. The molecule has 4 heterocycles. The normalized spacial score (nSPS) is 11.9. The molecule has 0 atom stereocenters. The predicted molar refractivity (Wildman–Crippen MR) is 142 cm³/mol. The smallest absolute Gasteiger partial charge is 0.408 e. The summed E-state index contributed by atoms with van der Waals surface area (Å²) in [6.07, 6.45) is 0.126. The van der Waals surface area contributed by atoms with E-state index in [0.29, 0.717) is 45.0 Å². The van der Waals surface area contributed by atoms with Gasteiger partial charge in [-0.2, -0.15) is 18.3 Å². The van der Waals surface area contributed by atoms with Crippen LogP contribution >= 0.6 is 0 Å². The van der Waals surface area contributed by atoms with Gasteiger partial charge >= 0.3 is 6.18 Å². The minimum Gasteiger partial charge on any atom is -0.455 e. The Hall–Kier alpha value is -4.54. The van der Waals surface area contributed by atoms with Gasteiger partial charge in [0.15, 0.2) is 5.75 Å². The molecular weight excluding hydrogens is 511 g/mol. The number of hydrogen-bond acceptors (Lipinski definition) is 4. The molecule has 1 N–H and O–H groups in total. The van der Waals surface area contributed by atoms with E-state index < -0.39 is 12.7 Å². The molecule has 0 fully saturated rings. The van der Waals surface area contributed by atoms with E-state index >= 15 is 0 Å². The fourth-order valence-electron chi connectivity index (χ4n) is 4.70. The molecule has 0 bridgehead atoms. The topological polar surface area (TPSA) is 86.8 Å². The number of alkyl halides is 3. The van der Waals surface area contributed by atoms with Crippen molar-refractivity contribution in [1.82, 2.24) is 23.9 Å². The van der Waals surface area contributed by atoms with Crippen molar-refractivity contribution in [3.63, 3.8) is 0 Å². The molecule has 5 aromatic rings. The van der Waals surface area contributed by atoms with Crippen molar-refractivity contribution in [2.75, 3.05) is 0 Å². The third-order valence-corrected chi connectivity index (χ3v) is 6.79. The minimum absolute atomic E-state index is 0.242. The Labute approximate surface area is 220 Å². The van der Waals surface area contributed by atoms with Gasteiger partial charge in [-0.1, -0.05) is 18.2 Å². The second-order valence-electron chi connectivity index (χ2n) is 9.67. The lowest BCUT2D eigenvalue weighted by Gasteiger charge is -2.17. The molecule has 0 aliphatic rings. The lowest BCUT2D eigenvalue weighted by atomic mass is 10.0. The SMILES string of the molecule is Cc1cccc(C)c1Oc1cn(C)c(=O)cc1-c1cn(C)c(=O)c2[nH]c(-c3cnn(CC(F)(F)F)c3C)cc12. The summed E-state index contributed by atoms with van der Waals surface area (Å²) in [4.78, 5) is 28.9. The van der Waals surface area contributed by atoms with Gasteiger partial charge in [0.1, 0.15) is 17.8 Å². The van der Waals surface area contributed by atoms with Gasteiger partial charge in [-0.05, 0) is 38.0 Å². The first-order valence-corrected chi connectivity index (χ1v) is 12.1. The quantitative estimate of drug-likeness (QED) is 0.326. The third-order valence-electron chi connectivity index (χ3n) is 6.79. The molecular formula is C28H26F3N5O3. The second kappa shape index (κ2) is 9.33. The van der Waals surface area contributed by atoms with Gasteiger partial charge in [-0.15, -0.1) is 0 Å². The number of ether oxygens (including phenoxy) is 1. The Bertz CT molecular complexity index is 1840. The summed E-state index contributed by atoms with van der Waals surface area (Å²) in [6, 6.07) is 8.91. The summed E-state index contributed by atoms with van der Waals surface area (Å²) in [7, 11) is 3.21. The number of fused-ring (bicyclic) bond motifs is 1. The van der Waals surface area contributed by atoms with Crippen LogP contribution < -0.4 is 15.9 Å². The number of nitrogens with zero attached hydrogens (tertiary/aromatic N) is 4. The zero-order chi connectivity index (χ0) is 28.2. The van der Waals surface area contributed by atoms with Crippen molar-refractivity contribution in [2.24, 2.45) is 14.1 Å². The summed E-state index contributed by atoms with van der Waals surface area (Å²) >= 11 is 0. The molecule has 4 aromatic heterocycles. The maximum atomic E-state index is 13.1. The summed E-state index contributed by atoms with van der Waals surface area (Å²) < 4.78 is 49.0. The first-order chi connectivity index (χ1) is 18.3. The number of aryl methyl sites for hydroxylation is 4. The zero-order valence-corrected chi connectivity index (χ0v) is 22.0. The van der Waals surface area contributed by atoms with E-state index in [4.69, 9.17) is 4.74 Å². The van der Waals surface area contributed by atoms with Crippen LogP contribution in [0.15, 0.2) is 58.5 Å². The first kappa shape index (κ1) is 26.1. The number of para-hydroxylation sites is 1. The van der Waals surface area contributed by atoms with Crippen LogP contribution in [0.25, 0.3) is 33.3 Å². The van der Waals surface area contributed by atoms with Crippen LogP contribution in [0.2, 0.25) is 0 Å². The molecule has 0 aliphatic carbocycles. The highest BCUT2D eigenvalue weighted by Crippen LogP contribution is 2.39. The highest BCUT2D eigenvalue weighted by Gasteiger charge is 2.30. The fourth-order valence-corrected chi connectivity index (χ4v) is 4.70. The van der Waals surface area contributed by atoms with Gasteiger partial charge in [0.25, 0.3) is 11.1 Å². The average Bonchev–Trinajstić information content (AvgIpc) is 3.44. The van der Waals surface area contributed by atoms with Crippen LogP contribution in [-0.2, 0) is 20.6 Å². The van der Waals surface area contributed by atoms with Gasteiger partial charge in [-0.3, -0.25) is 14.3 Å². The van der Waals surface area contributed by atoms with Crippen LogP contribution in [0.5, 0.6) is 11.5 Å². The minimum atomic E-state index is -4.43. The van der Waals surface area contributed by atoms with E-state index in [9.17, 15) is 22.8 Å². The van der Waals surface area contributed by atoms with Gasteiger partial charge in [0.2, 0.25) is 0 Å². The molecule has 11 heteroatoms. The number of pyridine rings is 2. The lowest BCUT2D eigenvalue weighted by Crippen LogP contribution is -2.19. The Morgan fingerprint density at radius 2 is 1.64 bits per heavy atom. The Morgan fingerprint density at radius 3 is 2.31 bits per heavy atom. The molecule has 1 aromatic carbocycles. The molecule has 39 heavy (non-hydrogen) atoms. The van der Waals surface area contributed by atoms with Crippen LogP contribution in [0.3, 0.4) is 0 Å². The van der Waals surface area contributed by atoms with Gasteiger partial charge in [0.05, 0.1) is 18.1 Å². The maximum absolute atomic E-state index is 13.1. The maximum Gasteiger partial charge on any atom is 0.408 e. The van der Waals surface area contributed by atoms with Crippen molar-refractivity contribution in [3.05, 3.63) is 86.5 Å². The number of rotatable bonds is 5. The van der Waals surface area contributed by atoms with E-state index in [2.05, 4.69) is 10.1 Å². The van der Waals surface area contributed by atoms with Crippen molar-refractivity contribution < 1.29 is 17.9 Å². The van der Waals surface area contributed by atoms with Crippen molar-refractivity contribution in [3.8, 4) is 33.9 Å². The van der Waals surface area contributed by atoms with Crippen LogP contribution in [0.1, 0.15) is 16.8 Å². The molecule has 8 nitrogen and oxygen atoms in total. The Kier molecular flexibility index (Phi) is 6.24. The van der Waals surface area contributed by atoms with Crippen molar-refractivity contribution in [1.29, 1.82) is 0 Å². The fraction of sp³-hybridized carbons (Fsp3) is 0.250. The van der Waals surface area contributed by atoms with Gasteiger partial charge in [0, 0.05) is 54.1 Å². The zero-order valence-electron chi connectivity index (χ0n) is 22.0. The number of hydrogen-bond donors (Lipinski definition) is 1.